The summed E-state index contributed by atoms with van der Waals surface area (Å²) in [6.07, 6.45) is 5.74. The third-order valence-electron chi connectivity index (χ3n) is 2.89. The van der Waals surface area contributed by atoms with Gasteiger partial charge in [0.1, 0.15) is 4.45 Å². The van der Waals surface area contributed by atoms with Gasteiger partial charge in [0.25, 0.3) is 0 Å². The van der Waals surface area contributed by atoms with Gasteiger partial charge in [-0.15, -0.1) is 0 Å². The van der Waals surface area contributed by atoms with E-state index >= 15 is 0 Å². The van der Waals surface area contributed by atoms with Crippen molar-refractivity contribution >= 4 is 15.9 Å². The van der Waals surface area contributed by atoms with Crippen molar-refractivity contribution in [3.63, 3.8) is 0 Å². The second-order valence-corrected chi connectivity index (χ2v) is 5.33. The summed E-state index contributed by atoms with van der Waals surface area (Å²) in [6.45, 7) is 2.17. The lowest BCUT2D eigenvalue weighted by molar-refractivity contribution is 0.545. The Morgan fingerprint density at radius 2 is 2.00 bits per heavy atom. The van der Waals surface area contributed by atoms with Gasteiger partial charge in [0.2, 0.25) is 0 Å². The SMILES string of the molecule is CC(c1ccccc1)C1(Br)C=C(N)C=CN1. The Morgan fingerprint density at radius 3 is 2.62 bits per heavy atom. The largest absolute Gasteiger partial charge is 0.399 e. The molecule has 1 aromatic carbocycles. The van der Waals surface area contributed by atoms with Crippen molar-refractivity contribution < 1.29 is 0 Å². The van der Waals surface area contributed by atoms with Gasteiger partial charge in [0, 0.05) is 11.6 Å². The molecule has 3 N–H and O–H groups in total. The van der Waals surface area contributed by atoms with Crippen molar-refractivity contribution in [3.8, 4) is 0 Å². The summed E-state index contributed by atoms with van der Waals surface area (Å²) in [5.74, 6) is 0.289. The maximum absolute atomic E-state index is 5.83. The molecule has 16 heavy (non-hydrogen) atoms. The van der Waals surface area contributed by atoms with Crippen LogP contribution in [0.5, 0.6) is 0 Å². The number of halogens is 1. The van der Waals surface area contributed by atoms with Gasteiger partial charge in [0.05, 0.1) is 0 Å². The monoisotopic (exact) mass is 278 g/mol. The summed E-state index contributed by atoms with van der Waals surface area (Å²) in [7, 11) is 0. The molecular formula is C13H15BrN2. The maximum Gasteiger partial charge on any atom is 0.120 e. The van der Waals surface area contributed by atoms with Crippen LogP contribution in [0.15, 0.2) is 54.4 Å². The number of nitrogens with two attached hydrogens (primary N) is 1. The zero-order chi connectivity index (χ0) is 11.6. The molecule has 2 unspecified atom stereocenters. The van der Waals surface area contributed by atoms with E-state index in [-0.39, 0.29) is 10.4 Å². The molecule has 0 bridgehead atoms. The number of hydrogen-bond acceptors (Lipinski definition) is 2. The van der Waals surface area contributed by atoms with Crippen molar-refractivity contribution in [3.05, 3.63) is 59.9 Å². The zero-order valence-corrected chi connectivity index (χ0v) is 10.7. The number of alkyl halides is 1. The minimum Gasteiger partial charge on any atom is -0.399 e. The predicted octanol–water partition coefficient (Wildman–Crippen LogP) is 2.84. The average Bonchev–Trinajstić information content (AvgIpc) is 2.29. The van der Waals surface area contributed by atoms with Gasteiger partial charge in [-0.05, 0) is 23.9 Å². The van der Waals surface area contributed by atoms with E-state index in [2.05, 4.69) is 40.3 Å². The maximum atomic E-state index is 5.83. The first kappa shape index (κ1) is 11.3. The van der Waals surface area contributed by atoms with E-state index in [4.69, 9.17) is 5.73 Å². The number of nitrogens with one attached hydrogen (secondary N) is 1. The molecular weight excluding hydrogens is 264 g/mol. The Bertz CT molecular complexity index is 425. The minimum absolute atomic E-state index is 0.289. The Hall–Kier alpha value is -1.22. The molecule has 2 nitrogen and oxygen atoms in total. The van der Waals surface area contributed by atoms with Gasteiger partial charge >= 0.3 is 0 Å². The van der Waals surface area contributed by atoms with Crippen molar-refractivity contribution in [1.82, 2.24) is 5.32 Å². The van der Waals surface area contributed by atoms with Crippen molar-refractivity contribution in [1.29, 1.82) is 0 Å². The molecule has 0 saturated heterocycles. The van der Waals surface area contributed by atoms with Gasteiger partial charge < -0.3 is 11.1 Å². The fourth-order valence-electron chi connectivity index (χ4n) is 1.83. The highest BCUT2D eigenvalue weighted by Crippen LogP contribution is 2.36. The van der Waals surface area contributed by atoms with Crippen LogP contribution in [0.3, 0.4) is 0 Å². The molecule has 0 amide bonds. The number of hydrogen-bond donors (Lipinski definition) is 2. The first-order chi connectivity index (χ1) is 7.62. The van der Waals surface area contributed by atoms with E-state index in [1.807, 2.05) is 36.6 Å². The van der Waals surface area contributed by atoms with Gasteiger partial charge in [-0.2, -0.15) is 0 Å². The van der Waals surface area contributed by atoms with Crippen LogP contribution in [0, 0.1) is 0 Å². The van der Waals surface area contributed by atoms with E-state index in [0.717, 1.165) is 5.70 Å². The highest BCUT2D eigenvalue weighted by atomic mass is 79.9. The summed E-state index contributed by atoms with van der Waals surface area (Å²) >= 11 is 3.72. The van der Waals surface area contributed by atoms with E-state index in [9.17, 15) is 0 Å². The van der Waals surface area contributed by atoms with Gasteiger partial charge in [-0.1, -0.05) is 53.2 Å². The quantitative estimate of drug-likeness (QED) is 0.645. The predicted molar refractivity (Wildman–Crippen MR) is 71.1 cm³/mol. The van der Waals surface area contributed by atoms with Crippen LogP contribution >= 0.6 is 15.9 Å². The molecule has 0 radical (unpaired) electrons. The third kappa shape index (κ3) is 2.14. The molecule has 1 heterocycles. The van der Waals surface area contributed by atoms with Crippen molar-refractivity contribution in [2.45, 2.75) is 17.3 Å². The van der Waals surface area contributed by atoms with Crippen molar-refractivity contribution in [2.24, 2.45) is 5.73 Å². The molecule has 0 saturated carbocycles. The molecule has 1 aromatic rings. The molecule has 2 rings (SSSR count). The normalized spacial score (nSPS) is 25.8. The zero-order valence-electron chi connectivity index (χ0n) is 9.15. The Kier molecular flexibility index (Phi) is 3.06. The average molecular weight is 279 g/mol. The number of allylic oxidation sites excluding steroid dienone is 1. The Balaban J connectivity index is 2.29. The molecule has 1 aliphatic heterocycles. The fraction of sp³-hybridized carbons (Fsp3) is 0.231. The first-order valence-electron chi connectivity index (χ1n) is 5.28. The molecule has 84 valence electrons. The lowest BCUT2D eigenvalue weighted by Crippen LogP contribution is -2.41. The molecule has 1 aliphatic rings. The topological polar surface area (TPSA) is 38.0 Å². The van der Waals surface area contributed by atoms with Gasteiger partial charge in [0.15, 0.2) is 0 Å². The second kappa shape index (κ2) is 4.34. The smallest absolute Gasteiger partial charge is 0.120 e. The fourth-order valence-corrected chi connectivity index (χ4v) is 2.49. The van der Waals surface area contributed by atoms with Crippen LogP contribution in [0.25, 0.3) is 0 Å². The summed E-state index contributed by atoms with van der Waals surface area (Å²) in [5, 5.41) is 3.30. The minimum atomic E-state index is -0.298. The summed E-state index contributed by atoms with van der Waals surface area (Å²) in [4.78, 5) is 0. The molecule has 0 spiro atoms. The van der Waals surface area contributed by atoms with Crippen LogP contribution in [0.1, 0.15) is 18.4 Å². The summed E-state index contributed by atoms with van der Waals surface area (Å²) in [5.41, 5.74) is 7.88. The number of rotatable bonds is 2. The van der Waals surface area contributed by atoms with Crippen LogP contribution in [0.4, 0.5) is 0 Å². The molecule has 0 aliphatic carbocycles. The first-order valence-corrected chi connectivity index (χ1v) is 6.07. The lowest BCUT2D eigenvalue weighted by atomic mass is 9.91. The van der Waals surface area contributed by atoms with E-state index in [1.54, 1.807) is 0 Å². The summed E-state index contributed by atoms with van der Waals surface area (Å²) < 4.78 is -0.298. The van der Waals surface area contributed by atoms with E-state index < -0.39 is 0 Å². The molecule has 2 atom stereocenters. The number of benzene rings is 1. The van der Waals surface area contributed by atoms with Crippen LogP contribution in [-0.2, 0) is 0 Å². The highest BCUT2D eigenvalue weighted by Gasteiger charge is 2.32. The third-order valence-corrected chi connectivity index (χ3v) is 4.03. The van der Waals surface area contributed by atoms with Crippen LogP contribution in [0.2, 0.25) is 0 Å². The summed E-state index contributed by atoms with van der Waals surface area (Å²) in [6, 6.07) is 10.4. The Labute approximate surface area is 104 Å². The van der Waals surface area contributed by atoms with Crippen LogP contribution < -0.4 is 11.1 Å². The van der Waals surface area contributed by atoms with Crippen molar-refractivity contribution in [2.75, 3.05) is 0 Å². The second-order valence-electron chi connectivity index (χ2n) is 4.02. The molecule has 3 heteroatoms. The lowest BCUT2D eigenvalue weighted by Gasteiger charge is -2.34. The standard InChI is InChI=1S/C13H15BrN2/c1-10(11-5-3-2-4-6-11)13(14)9-12(15)7-8-16-13/h2-10,16H,15H2,1H3. The molecule has 0 fully saturated rings. The molecule has 0 aromatic heterocycles. The highest BCUT2D eigenvalue weighted by molar-refractivity contribution is 9.10. The Morgan fingerprint density at radius 1 is 1.31 bits per heavy atom. The van der Waals surface area contributed by atoms with Crippen LogP contribution in [-0.4, -0.2) is 4.45 Å². The van der Waals surface area contributed by atoms with E-state index in [1.165, 1.54) is 5.56 Å². The van der Waals surface area contributed by atoms with E-state index in [0.29, 0.717) is 0 Å². The van der Waals surface area contributed by atoms with Gasteiger partial charge in [-0.3, -0.25) is 0 Å². The number of dihydropyridines is 1. The van der Waals surface area contributed by atoms with Gasteiger partial charge in [-0.25, -0.2) is 0 Å².